The molecule has 32 heavy (non-hydrogen) atoms. The summed E-state index contributed by atoms with van der Waals surface area (Å²) in [5.41, 5.74) is 8.94. The Morgan fingerprint density at radius 2 is 1.94 bits per heavy atom. The van der Waals surface area contributed by atoms with E-state index < -0.39 is 0 Å². The fourth-order valence-electron chi connectivity index (χ4n) is 4.31. The molecule has 2 aliphatic rings. The number of aryl methyl sites for hydroxylation is 2. The highest BCUT2D eigenvalue weighted by molar-refractivity contribution is 6.42. The third kappa shape index (κ3) is 4.30. The van der Waals surface area contributed by atoms with E-state index >= 15 is 0 Å². The van der Waals surface area contributed by atoms with Gasteiger partial charge in [-0.05, 0) is 85.9 Å². The molecule has 0 atom stereocenters. The summed E-state index contributed by atoms with van der Waals surface area (Å²) in [6.45, 7) is 5.68. The van der Waals surface area contributed by atoms with Crippen LogP contribution in [-0.4, -0.2) is 17.4 Å². The fraction of sp³-hybridized carbons (Fsp3) is 0.269. The molecule has 4 nitrogen and oxygen atoms in total. The van der Waals surface area contributed by atoms with E-state index in [-0.39, 0.29) is 11.8 Å². The number of anilines is 2. The van der Waals surface area contributed by atoms with E-state index in [1.54, 1.807) is 0 Å². The van der Waals surface area contributed by atoms with Crippen LogP contribution in [0.15, 0.2) is 42.5 Å². The van der Waals surface area contributed by atoms with Crippen molar-refractivity contribution in [3.8, 4) is 0 Å². The Balaban J connectivity index is 1.50. The van der Waals surface area contributed by atoms with Gasteiger partial charge in [-0.25, -0.2) is 0 Å². The molecule has 2 aromatic carbocycles. The maximum absolute atomic E-state index is 12.3. The van der Waals surface area contributed by atoms with E-state index in [0.29, 0.717) is 10.0 Å². The zero-order valence-electron chi connectivity index (χ0n) is 18.1. The lowest BCUT2D eigenvalue weighted by Gasteiger charge is -2.20. The van der Waals surface area contributed by atoms with Gasteiger partial charge in [0, 0.05) is 47.3 Å². The average molecular weight is 466 g/mol. The maximum atomic E-state index is 12.3. The number of fused-ring (bicyclic) bond motifs is 1. The number of amides is 1. The summed E-state index contributed by atoms with van der Waals surface area (Å²) in [4.78, 5) is 18.1. The monoisotopic (exact) mass is 465 g/mol. The smallest absolute Gasteiger partial charge is 0.227 e. The molecule has 1 aliphatic carbocycles. The molecule has 6 heteroatoms. The van der Waals surface area contributed by atoms with E-state index in [1.165, 1.54) is 11.1 Å². The molecule has 164 valence electrons. The normalized spacial score (nSPS) is 16.5. The molecular formula is C26H25Cl2N3O. The lowest BCUT2D eigenvalue weighted by Crippen LogP contribution is -2.19. The predicted octanol–water partition coefficient (Wildman–Crippen LogP) is 6.85. The predicted molar refractivity (Wildman–Crippen MR) is 133 cm³/mol. The Morgan fingerprint density at radius 1 is 1.12 bits per heavy atom. The lowest BCUT2D eigenvalue weighted by molar-refractivity contribution is -0.117. The van der Waals surface area contributed by atoms with Crippen molar-refractivity contribution in [2.45, 2.75) is 33.2 Å². The molecule has 1 aromatic heterocycles. The summed E-state index contributed by atoms with van der Waals surface area (Å²) in [6, 6.07) is 14.1. The van der Waals surface area contributed by atoms with E-state index in [0.717, 1.165) is 59.8 Å². The van der Waals surface area contributed by atoms with Gasteiger partial charge in [0.1, 0.15) is 0 Å². The Kier molecular flexibility index (Phi) is 5.52. The standard InChI is InChI=1S/C26H25Cl2N3O/c1-15-9-16(2)29-24(15)11-19-14-31(13-17-3-7-22(27)23(28)10-17)25-8-6-20(12-21(19)25)30-26(32)18-4-5-18/h3,6-12,18,29H,4-5,13-14H2,1-2H3,(H,30,32)/b19-11+. The summed E-state index contributed by atoms with van der Waals surface area (Å²) in [5.74, 6) is 0.297. The second kappa shape index (κ2) is 8.34. The van der Waals surface area contributed by atoms with E-state index in [2.05, 4.69) is 53.3 Å². The number of hydrogen-bond acceptors (Lipinski definition) is 2. The van der Waals surface area contributed by atoms with Crippen LogP contribution in [0.1, 0.15) is 40.9 Å². The van der Waals surface area contributed by atoms with Gasteiger partial charge in [0.05, 0.1) is 10.0 Å². The first-order valence-electron chi connectivity index (χ1n) is 10.9. The number of aromatic amines is 1. The summed E-state index contributed by atoms with van der Waals surface area (Å²) < 4.78 is 0. The van der Waals surface area contributed by atoms with Crippen molar-refractivity contribution in [1.29, 1.82) is 0 Å². The molecule has 1 saturated carbocycles. The number of halogens is 2. The third-order valence-corrected chi connectivity index (χ3v) is 6.86. The average Bonchev–Trinajstić information content (AvgIpc) is 3.49. The maximum Gasteiger partial charge on any atom is 0.227 e. The number of hydrogen-bond donors (Lipinski definition) is 2. The van der Waals surface area contributed by atoms with Gasteiger partial charge >= 0.3 is 0 Å². The molecule has 0 unspecified atom stereocenters. The SMILES string of the molecule is Cc1cc(C)c(/C=C2\CN(Cc3ccc(Cl)c(Cl)c3)c3ccc(NC(=O)C4CC4)cc32)[nH]1. The van der Waals surface area contributed by atoms with Gasteiger partial charge in [-0.1, -0.05) is 29.3 Å². The fourth-order valence-corrected chi connectivity index (χ4v) is 4.63. The van der Waals surface area contributed by atoms with Crippen molar-refractivity contribution >= 4 is 52.1 Å². The van der Waals surface area contributed by atoms with E-state index in [4.69, 9.17) is 23.2 Å². The number of rotatable bonds is 5. The molecule has 0 bridgehead atoms. The second-order valence-electron chi connectivity index (χ2n) is 8.82. The zero-order chi connectivity index (χ0) is 22.4. The minimum Gasteiger partial charge on any atom is -0.362 e. The summed E-state index contributed by atoms with van der Waals surface area (Å²) in [5, 5.41) is 4.21. The first-order valence-corrected chi connectivity index (χ1v) is 11.6. The van der Waals surface area contributed by atoms with Crippen molar-refractivity contribution in [3.05, 3.63) is 80.6 Å². The number of benzene rings is 2. The number of aromatic nitrogens is 1. The number of carbonyl (C=O) groups excluding carboxylic acids is 1. The van der Waals surface area contributed by atoms with Crippen molar-refractivity contribution in [3.63, 3.8) is 0 Å². The van der Waals surface area contributed by atoms with Crippen molar-refractivity contribution in [1.82, 2.24) is 4.98 Å². The van der Waals surface area contributed by atoms with Gasteiger partial charge in [-0.15, -0.1) is 0 Å². The Bertz CT molecular complexity index is 1240. The van der Waals surface area contributed by atoms with Crippen LogP contribution in [0.2, 0.25) is 10.0 Å². The molecule has 0 radical (unpaired) electrons. The zero-order valence-corrected chi connectivity index (χ0v) is 19.6. The Morgan fingerprint density at radius 3 is 2.62 bits per heavy atom. The van der Waals surface area contributed by atoms with Crippen LogP contribution in [0.4, 0.5) is 11.4 Å². The number of nitrogens with zero attached hydrogens (tertiary/aromatic N) is 1. The molecular weight excluding hydrogens is 441 g/mol. The van der Waals surface area contributed by atoms with E-state index in [1.807, 2.05) is 24.3 Å². The summed E-state index contributed by atoms with van der Waals surface area (Å²) in [7, 11) is 0. The van der Waals surface area contributed by atoms with Crippen molar-refractivity contribution in [2.24, 2.45) is 5.92 Å². The molecule has 2 N–H and O–H groups in total. The van der Waals surface area contributed by atoms with Crippen molar-refractivity contribution < 1.29 is 4.79 Å². The molecule has 1 fully saturated rings. The quantitative estimate of drug-likeness (QED) is 0.432. The molecule has 0 spiro atoms. The number of carbonyl (C=O) groups is 1. The van der Waals surface area contributed by atoms with Crippen molar-refractivity contribution in [2.75, 3.05) is 16.8 Å². The van der Waals surface area contributed by atoms with Gasteiger partial charge < -0.3 is 15.2 Å². The van der Waals surface area contributed by atoms with Gasteiger partial charge in [-0.2, -0.15) is 0 Å². The summed E-state index contributed by atoms with van der Waals surface area (Å²) in [6.07, 6.45) is 4.21. The topological polar surface area (TPSA) is 48.1 Å². The minimum absolute atomic E-state index is 0.122. The van der Waals surface area contributed by atoms with Crippen LogP contribution in [0, 0.1) is 19.8 Å². The van der Waals surface area contributed by atoms with Crippen LogP contribution >= 0.6 is 23.2 Å². The largest absolute Gasteiger partial charge is 0.362 e. The third-order valence-electron chi connectivity index (χ3n) is 6.13. The Hall–Kier alpha value is -2.69. The first kappa shape index (κ1) is 21.2. The molecule has 0 saturated heterocycles. The van der Waals surface area contributed by atoms with Gasteiger partial charge in [0.15, 0.2) is 0 Å². The molecule has 3 aromatic rings. The lowest BCUT2D eigenvalue weighted by atomic mass is 10.0. The van der Waals surface area contributed by atoms with Crippen LogP contribution in [0.3, 0.4) is 0 Å². The molecule has 1 amide bonds. The highest BCUT2D eigenvalue weighted by Crippen LogP contribution is 2.40. The minimum atomic E-state index is 0.122. The van der Waals surface area contributed by atoms with Gasteiger partial charge in [-0.3, -0.25) is 4.79 Å². The molecule has 5 rings (SSSR count). The van der Waals surface area contributed by atoms with Gasteiger partial charge in [0.25, 0.3) is 0 Å². The van der Waals surface area contributed by atoms with Crippen LogP contribution in [0.5, 0.6) is 0 Å². The van der Waals surface area contributed by atoms with Crippen LogP contribution < -0.4 is 10.2 Å². The molecule has 1 aliphatic heterocycles. The first-order chi connectivity index (χ1) is 15.4. The number of nitrogens with one attached hydrogen (secondary N) is 2. The second-order valence-corrected chi connectivity index (χ2v) is 9.63. The van der Waals surface area contributed by atoms with E-state index in [9.17, 15) is 4.79 Å². The Labute approximate surface area is 198 Å². The van der Waals surface area contributed by atoms with Crippen LogP contribution in [-0.2, 0) is 11.3 Å². The molecule has 2 heterocycles. The summed E-state index contributed by atoms with van der Waals surface area (Å²) >= 11 is 12.4. The highest BCUT2D eigenvalue weighted by atomic mass is 35.5. The highest BCUT2D eigenvalue weighted by Gasteiger charge is 2.30. The van der Waals surface area contributed by atoms with Crippen LogP contribution in [0.25, 0.3) is 11.6 Å². The number of H-pyrrole nitrogens is 1. The van der Waals surface area contributed by atoms with Gasteiger partial charge in [0.2, 0.25) is 5.91 Å².